The van der Waals surface area contributed by atoms with Crippen molar-refractivity contribution in [2.45, 2.75) is 59.1 Å². The SMILES string of the molecule is CCOC(=O)c1nc(N(C)c2cc(C)c(/N=c3\sc4ccccc4n3COCC[Si](C)(C)C)nn2)sc1CCCCl. The number of para-hydroxylation sites is 1. The maximum atomic E-state index is 12.5. The molecule has 0 atom stereocenters. The van der Waals surface area contributed by atoms with Crippen LogP contribution in [-0.4, -0.2) is 59.9 Å². The molecule has 0 bridgehead atoms. The second-order valence-corrected chi connectivity index (χ2v) is 18.9. The minimum Gasteiger partial charge on any atom is -0.461 e. The summed E-state index contributed by atoms with van der Waals surface area (Å²) >= 11 is 8.94. The van der Waals surface area contributed by atoms with Gasteiger partial charge in [-0.05, 0) is 56.5 Å². The van der Waals surface area contributed by atoms with Gasteiger partial charge in [0, 0.05) is 32.5 Å². The lowest BCUT2D eigenvalue weighted by atomic mass is 10.2. The molecule has 0 N–H and O–H groups in total. The second-order valence-electron chi connectivity index (χ2n) is 10.8. The number of carbonyl (C=O) groups excluding carboxylic acids is 1. The first kappa shape index (κ1) is 31.3. The van der Waals surface area contributed by atoms with E-state index in [1.54, 1.807) is 18.3 Å². The molecule has 0 amide bonds. The number of ether oxygens (including phenoxy) is 2. The number of thiazole rings is 2. The maximum absolute atomic E-state index is 12.5. The summed E-state index contributed by atoms with van der Waals surface area (Å²) in [5.74, 6) is 1.23. The lowest BCUT2D eigenvalue weighted by molar-refractivity contribution is 0.0519. The molecular weight excluding hydrogens is 596 g/mol. The molecule has 3 heterocycles. The predicted molar refractivity (Wildman–Crippen MR) is 171 cm³/mol. The van der Waals surface area contributed by atoms with Crippen LogP contribution in [0.5, 0.6) is 0 Å². The van der Waals surface area contributed by atoms with E-state index in [1.807, 2.05) is 37.1 Å². The van der Waals surface area contributed by atoms with Gasteiger partial charge in [-0.3, -0.25) is 4.57 Å². The Labute approximate surface area is 254 Å². The molecule has 0 saturated heterocycles. The van der Waals surface area contributed by atoms with Crippen LogP contribution in [0.15, 0.2) is 35.3 Å². The van der Waals surface area contributed by atoms with Gasteiger partial charge in [-0.1, -0.05) is 43.1 Å². The fourth-order valence-corrected chi connectivity index (χ4v) is 6.90. The van der Waals surface area contributed by atoms with Crippen molar-refractivity contribution in [3.63, 3.8) is 0 Å². The summed E-state index contributed by atoms with van der Waals surface area (Å²) in [6.45, 7) is 12.2. The average molecular weight is 633 g/mol. The van der Waals surface area contributed by atoms with Gasteiger partial charge < -0.3 is 14.4 Å². The topological polar surface area (TPSA) is 94.7 Å². The van der Waals surface area contributed by atoms with E-state index in [9.17, 15) is 4.79 Å². The smallest absolute Gasteiger partial charge is 0.358 e. The number of rotatable bonds is 13. The van der Waals surface area contributed by atoms with Crippen molar-refractivity contribution < 1.29 is 14.3 Å². The fourth-order valence-electron chi connectivity index (χ4n) is 3.93. The molecule has 1 aromatic carbocycles. The van der Waals surface area contributed by atoms with E-state index < -0.39 is 14.0 Å². The van der Waals surface area contributed by atoms with Crippen LogP contribution in [-0.2, 0) is 22.6 Å². The van der Waals surface area contributed by atoms with Crippen LogP contribution in [0.4, 0.5) is 16.8 Å². The van der Waals surface area contributed by atoms with Gasteiger partial charge in [-0.15, -0.1) is 33.1 Å². The summed E-state index contributed by atoms with van der Waals surface area (Å²) in [4.78, 5) is 25.5. The Morgan fingerprint density at radius 1 is 1.20 bits per heavy atom. The number of esters is 1. The van der Waals surface area contributed by atoms with Crippen molar-refractivity contribution in [3.05, 3.63) is 51.3 Å². The van der Waals surface area contributed by atoms with Gasteiger partial charge in [0.05, 0.1) is 16.8 Å². The molecule has 41 heavy (non-hydrogen) atoms. The van der Waals surface area contributed by atoms with Crippen LogP contribution >= 0.6 is 34.3 Å². The third-order valence-corrected chi connectivity index (χ3v) is 10.5. The summed E-state index contributed by atoms with van der Waals surface area (Å²) < 4.78 is 14.5. The first-order valence-corrected chi connectivity index (χ1v) is 19.5. The molecule has 0 fully saturated rings. The Balaban J connectivity index is 1.62. The molecule has 0 unspecified atom stereocenters. The Bertz CT molecular complexity index is 1560. The van der Waals surface area contributed by atoms with Crippen LogP contribution in [0.1, 0.15) is 34.3 Å². The summed E-state index contributed by atoms with van der Waals surface area (Å²) in [5.41, 5.74) is 2.29. The number of carbonyl (C=O) groups is 1. The van der Waals surface area contributed by atoms with Crippen molar-refractivity contribution in [3.8, 4) is 0 Å². The number of fused-ring (bicyclic) bond motifs is 1. The number of halogens is 1. The third kappa shape index (κ3) is 8.01. The normalized spacial score (nSPS) is 12.3. The minimum atomic E-state index is -1.18. The standard InChI is InChI=1S/C28H37ClN6O3S2Si/c1-7-38-26(36)24-22(13-10-14-29)40-27(30-24)34(3)23-17-19(2)25(33-32-23)31-28-35(18-37-15-16-41(4,5)6)20-11-8-9-12-21(20)39-28/h8-9,11-12,17H,7,10,13-16,18H2,1-6H3/b31-28-. The van der Waals surface area contributed by atoms with E-state index in [2.05, 4.69) is 51.5 Å². The Kier molecular flexibility index (Phi) is 10.7. The number of benzene rings is 1. The van der Waals surface area contributed by atoms with E-state index in [0.29, 0.717) is 41.5 Å². The van der Waals surface area contributed by atoms with E-state index in [1.165, 1.54) is 11.3 Å². The second kappa shape index (κ2) is 14.0. The molecule has 0 spiro atoms. The number of nitrogens with zero attached hydrogens (tertiary/aromatic N) is 6. The first-order chi connectivity index (χ1) is 19.6. The number of aryl methyl sites for hydroxylation is 2. The highest BCUT2D eigenvalue weighted by Crippen LogP contribution is 2.32. The quantitative estimate of drug-likeness (QED) is 0.0683. The van der Waals surface area contributed by atoms with E-state index in [0.717, 1.165) is 44.5 Å². The van der Waals surface area contributed by atoms with E-state index in [-0.39, 0.29) is 6.61 Å². The number of anilines is 2. The number of hydrogen-bond donors (Lipinski definition) is 0. The highest BCUT2D eigenvalue weighted by Gasteiger charge is 2.22. The molecule has 0 aliphatic heterocycles. The van der Waals surface area contributed by atoms with Crippen LogP contribution in [0.3, 0.4) is 0 Å². The Morgan fingerprint density at radius 3 is 2.68 bits per heavy atom. The molecule has 0 saturated carbocycles. The molecule has 220 valence electrons. The van der Waals surface area contributed by atoms with Gasteiger partial charge in [0.2, 0.25) is 0 Å². The van der Waals surface area contributed by atoms with Crippen molar-refractivity contribution in [2.24, 2.45) is 4.99 Å². The molecule has 0 aliphatic carbocycles. The van der Waals surface area contributed by atoms with Crippen LogP contribution in [0, 0.1) is 6.92 Å². The molecule has 0 aliphatic rings. The van der Waals surface area contributed by atoms with Crippen LogP contribution < -0.4 is 9.70 Å². The molecule has 4 aromatic rings. The molecule has 13 heteroatoms. The van der Waals surface area contributed by atoms with Gasteiger partial charge in [0.25, 0.3) is 0 Å². The van der Waals surface area contributed by atoms with Crippen molar-refractivity contribution in [1.82, 2.24) is 19.7 Å². The molecular formula is C28H37ClN6O3S2Si. The zero-order valence-electron chi connectivity index (χ0n) is 24.4. The lowest BCUT2D eigenvalue weighted by Gasteiger charge is -2.16. The molecule has 9 nitrogen and oxygen atoms in total. The fraction of sp³-hybridized carbons (Fsp3) is 0.464. The monoisotopic (exact) mass is 632 g/mol. The summed E-state index contributed by atoms with van der Waals surface area (Å²) in [7, 11) is 0.677. The Hall–Kier alpha value is -2.64. The van der Waals surface area contributed by atoms with Crippen molar-refractivity contribution in [2.75, 3.05) is 31.0 Å². The summed E-state index contributed by atoms with van der Waals surface area (Å²) in [5, 5.41) is 9.56. The minimum absolute atomic E-state index is 0.288. The highest BCUT2D eigenvalue weighted by molar-refractivity contribution is 7.16. The number of aromatic nitrogens is 4. The highest BCUT2D eigenvalue weighted by atomic mass is 35.5. The maximum Gasteiger partial charge on any atom is 0.358 e. The van der Waals surface area contributed by atoms with Gasteiger partial charge >= 0.3 is 5.97 Å². The lowest BCUT2D eigenvalue weighted by Crippen LogP contribution is -2.23. The van der Waals surface area contributed by atoms with Crippen molar-refractivity contribution >= 4 is 75.3 Å². The van der Waals surface area contributed by atoms with Gasteiger partial charge in [-0.2, -0.15) is 4.99 Å². The Morgan fingerprint density at radius 2 is 1.98 bits per heavy atom. The summed E-state index contributed by atoms with van der Waals surface area (Å²) in [6, 6.07) is 11.3. The number of alkyl halides is 1. The van der Waals surface area contributed by atoms with Crippen LogP contribution in [0.2, 0.25) is 25.7 Å². The van der Waals surface area contributed by atoms with Gasteiger partial charge in [0.1, 0.15) is 6.73 Å². The van der Waals surface area contributed by atoms with Gasteiger partial charge in [-0.25, -0.2) is 9.78 Å². The number of hydrogen-bond acceptors (Lipinski definition) is 10. The third-order valence-electron chi connectivity index (χ3n) is 6.27. The molecule has 0 radical (unpaired) electrons. The zero-order valence-corrected chi connectivity index (χ0v) is 27.8. The zero-order chi connectivity index (χ0) is 29.6. The largest absolute Gasteiger partial charge is 0.461 e. The molecule has 3 aromatic heterocycles. The summed E-state index contributed by atoms with van der Waals surface area (Å²) in [6.07, 6.45) is 1.40. The predicted octanol–water partition coefficient (Wildman–Crippen LogP) is 6.92. The van der Waals surface area contributed by atoms with E-state index in [4.69, 9.17) is 26.1 Å². The molecule has 4 rings (SSSR count). The van der Waals surface area contributed by atoms with Crippen molar-refractivity contribution in [1.29, 1.82) is 0 Å². The van der Waals surface area contributed by atoms with Gasteiger partial charge in [0.15, 0.2) is 27.3 Å². The first-order valence-electron chi connectivity index (χ1n) is 13.6. The van der Waals surface area contributed by atoms with Crippen LogP contribution in [0.25, 0.3) is 10.2 Å². The average Bonchev–Trinajstić information content (AvgIpc) is 3.51. The van der Waals surface area contributed by atoms with E-state index >= 15 is 0 Å².